The highest BCUT2D eigenvalue weighted by molar-refractivity contribution is 7.99. The minimum Gasteiger partial charge on any atom is -0.356 e. The van der Waals surface area contributed by atoms with E-state index in [4.69, 9.17) is 0 Å². The number of nitrogens with zero attached hydrogens (tertiary/aromatic N) is 2. The van der Waals surface area contributed by atoms with Gasteiger partial charge in [-0.25, -0.2) is 4.98 Å². The first-order chi connectivity index (χ1) is 14.6. The van der Waals surface area contributed by atoms with Gasteiger partial charge in [-0.15, -0.1) is 0 Å². The fourth-order valence-corrected chi connectivity index (χ4v) is 4.43. The van der Waals surface area contributed by atoms with Crippen molar-refractivity contribution < 1.29 is 31.1 Å². The molecule has 0 aliphatic carbocycles. The highest BCUT2D eigenvalue weighted by Gasteiger charge is 2.50. The number of H-pyrrole nitrogens is 1. The van der Waals surface area contributed by atoms with Crippen molar-refractivity contribution in [3.05, 3.63) is 59.4 Å². The summed E-state index contributed by atoms with van der Waals surface area (Å²) in [6.45, 7) is -0.112. The molecule has 0 bridgehead atoms. The smallest absolute Gasteiger partial charge is 0.356 e. The molecule has 1 atom stereocenters. The van der Waals surface area contributed by atoms with Crippen LogP contribution < -0.4 is 0 Å². The number of rotatable bonds is 3. The van der Waals surface area contributed by atoms with E-state index < -0.39 is 29.9 Å². The summed E-state index contributed by atoms with van der Waals surface area (Å²) in [4.78, 5) is 19.9. The van der Waals surface area contributed by atoms with E-state index in [1.54, 1.807) is 24.3 Å². The lowest BCUT2D eigenvalue weighted by molar-refractivity contribution is -0.193. The van der Waals surface area contributed by atoms with Crippen molar-refractivity contribution in [1.82, 2.24) is 14.9 Å². The van der Waals surface area contributed by atoms with Gasteiger partial charge in [0.25, 0.3) is 0 Å². The van der Waals surface area contributed by atoms with Crippen LogP contribution in [0.5, 0.6) is 0 Å². The molecule has 0 fully saturated rings. The van der Waals surface area contributed by atoms with Crippen LogP contribution in [0.2, 0.25) is 0 Å². The van der Waals surface area contributed by atoms with E-state index >= 15 is 0 Å². The van der Waals surface area contributed by atoms with Gasteiger partial charge in [-0.3, -0.25) is 4.79 Å². The quantitative estimate of drug-likeness (QED) is 0.424. The molecule has 164 valence electrons. The molecule has 31 heavy (non-hydrogen) atoms. The third kappa shape index (κ3) is 4.23. The molecule has 1 amide bonds. The molecular formula is C20H15F6N3OS. The van der Waals surface area contributed by atoms with Crippen molar-refractivity contribution in [3.8, 4) is 0 Å². The largest absolute Gasteiger partial charge is 0.417 e. The molecule has 2 aromatic heterocycles. The van der Waals surface area contributed by atoms with Gasteiger partial charge in [0.1, 0.15) is 0 Å². The summed E-state index contributed by atoms with van der Waals surface area (Å²) >= 11 is 0.793. The number of halogens is 6. The normalized spacial score (nSPS) is 17.1. The van der Waals surface area contributed by atoms with Crippen molar-refractivity contribution in [2.24, 2.45) is 0 Å². The third-order valence-corrected chi connectivity index (χ3v) is 6.00. The predicted octanol–water partition coefficient (Wildman–Crippen LogP) is 5.36. The molecule has 3 aromatic rings. The van der Waals surface area contributed by atoms with Gasteiger partial charge in [0.05, 0.1) is 22.0 Å². The predicted molar refractivity (Wildman–Crippen MR) is 102 cm³/mol. The number of amides is 1. The molecule has 4 nitrogen and oxygen atoms in total. The fourth-order valence-electron chi connectivity index (χ4n) is 3.70. The number of hydrogen-bond donors (Lipinski definition) is 1. The van der Waals surface area contributed by atoms with Gasteiger partial charge < -0.3 is 9.88 Å². The molecular weight excluding hydrogens is 444 g/mol. The number of hydrogen-bond acceptors (Lipinski definition) is 3. The Labute approximate surface area is 176 Å². The Balaban J connectivity index is 1.55. The molecule has 0 spiro atoms. The maximum absolute atomic E-state index is 13.9. The van der Waals surface area contributed by atoms with E-state index in [2.05, 4.69) is 9.97 Å². The van der Waals surface area contributed by atoms with Gasteiger partial charge in [-0.1, -0.05) is 30.0 Å². The molecule has 0 saturated carbocycles. The van der Waals surface area contributed by atoms with E-state index in [-0.39, 0.29) is 29.4 Å². The first kappa shape index (κ1) is 21.5. The van der Waals surface area contributed by atoms with Crippen LogP contribution in [-0.2, 0) is 17.4 Å². The number of benzene rings is 1. The molecule has 3 heterocycles. The van der Waals surface area contributed by atoms with Crippen molar-refractivity contribution in [2.45, 2.75) is 29.8 Å². The Hall–Kier alpha value is -2.69. The summed E-state index contributed by atoms with van der Waals surface area (Å²) in [7, 11) is 0. The Morgan fingerprint density at radius 3 is 2.52 bits per heavy atom. The maximum Gasteiger partial charge on any atom is 0.417 e. The van der Waals surface area contributed by atoms with E-state index in [1.165, 1.54) is 0 Å². The molecule has 1 N–H and O–H groups in total. The van der Waals surface area contributed by atoms with Crippen LogP contribution >= 0.6 is 11.8 Å². The number of fused-ring (bicyclic) bond motifs is 3. The number of alkyl halides is 6. The monoisotopic (exact) mass is 459 g/mol. The summed E-state index contributed by atoms with van der Waals surface area (Å²) in [5.41, 5.74) is 0.118. The summed E-state index contributed by atoms with van der Waals surface area (Å²) in [6.07, 6.45) is -8.34. The molecule has 11 heteroatoms. The molecule has 1 aliphatic heterocycles. The number of aromatic nitrogens is 2. The first-order valence-corrected chi connectivity index (χ1v) is 10.2. The molecule has 4 rings (SSSR count). The van der Waals surface area contributed by atoms with Crippen LogP contribution in [0.4, 0.5) is 26.3 Å². The van der Waals surface area contributed by atoms with Gasteiger partial charge in [0, 0.05) is 23.6 Å². The van der Waals surface area contributed by atoms with E-state index in [1.807, 2.05) is 0 Å². The number of para-hydroxylation sites is 1. The molecule has 0 radical (unpaired) electrons. The lowest BCUT2D eigenvalue weighted by atomic mass is 9.97. The highest BCUT2D eigenvalue weighted by atomic mass is 32.2. The number of nitrogens with one attached hydrogen (secondary N) is 1. The van der Waals surface area contributed by atoms with Crippen LogP contribution in [0, 0.1) is 0 Å². The number of carbonyl (C=O) groups excluding carboxylic acids is 1. The van der Waals surface area contributed by atoms with Crippen LogP contribution in [0.15, 0.2) is 47.6 Å². The summed E-state index contributed by atoms with van der Waals surface area (Å²) in [6, 6.07) is 6.66. The molecule has 0 unspecified atom stereocenters. The van der Waals surface area contributed by atoms with Crippen molar-refractivity contribution in [3.63, 3.8) is 0 Å². The van der Waals surface area contributed by atoms with Gasteiger partial charge in [0.15, 0.2) is 6.04 Å². The lowest BCUT2D eigenvalue weighted by Gasteiger charge is -2.36. The molecule has 1 aliphatic rings. The Morgan fingerprint density at radius 1 is 1.13 bits per heavy atom. The standard InChI is InChI=1S/C20H15F6N3OS/c21-19(22,23)11-5-6-15(27-9-11)31-10-16(30)29-8-7-13-12-3-1-2-4-14(12)28-17(13)18(29)20(24,25)26/h1-6,9,18,28H,7-8,10H2/t18-/m0/s1. The summed E-state index contributed by atoms with van der Waals surface area (Å²) in [5.74, 6) is -1.14. The van der Waals surface area contributed by atoms with Gasteiger partial charge >= 0.3 is 12.4 Å². The zero-order valence-corrected chi connectivity index (χ0v) is 16.5. The number of aromatic amines is 1. The van der Waals surface area contributed by atoms with E-state index in [9.17, 15) is 31.1 Å². The zero-order chi connectivity index (χ0) is 22.4. The van der Waals surface area contributed by atoms with Crippen LogP contribution in [-0.4, -0.2) is 39.2 Å². The van der Waals surface area contributed by atoms with E-state index in [0.717, 1.165) is 28.8 Å². The van der Waals surface area contributed by atoms with Crippen molar-refractivity contribution in [2.75, 3.05) is 12.3 Å². The second kappa shape index (κ2) is 7.77. The maximum atomic E-state index is 13.9. The molecule has 0 saturated heterocycles. The Morgan fingerprint density at radius 2 is 1.87 bits per heavy atom. The Bertz CT molecular complexity index is 1110. The van der Waals surface area contributed by atoms with Crippen LogP contribution in [0.3, 0.4) is 0 Å². The third-order valence-electron chi connectivity index (χ3n) is 5.07. The summed E-state index contributed by atoms with van der Waals surface area (Å²) < 4.78 is 79.7. The number of pyridine rings is 1. The topological polar surface area (TPSA) is 49.0 Å². The minimum atomic E-state index is -4.69. The Kier molecular flexibility index (Phi) is 5.40. The van der Waals surface area contributed by atoms with Gasteiger partial charge in [0.2, 0.25) is 5.91 Å². The van der Waals surface area contributed by atoms with Crippen molar-refractivity contribution >= 4 is 28.6 Å². The van der Waals surface area contributed by atoms with Crippen molar-refractivity contribution in [1.29, 1.82) is 0 Å². The SMILES string of the molecule is O=C(CSc1ccc(C(F)(F)F)cn1)N1CCc2c([nH]c3ccccc23)[C@H]1C(F)(F)F. The highest BCUT2D eigenvalue weighted by Crippen LogP contribution is 2.44. The van der Waals surface area contributed by atoms with Gasteiger partial charge in [-0.05, 0) is 30.2 Å². The van der Waals surface area contributed by atoms with E-state index in [0.29, 0.717) is 22.7 Å². The van der Waals surface area contributed by atoms with Crippen LogP contribution in [0.1, 0.15) is 22.9 Å². The zero-order valence-electron chi connectivity index (χ0n) is 15.7. The minimum absolute atomic E-state index is 0.0500. The first-order valence-electron chi connectivity index (χ1n) is 9.17. The second-order valence-corrected chi connectivity index (χ2v) is 8.01. The lowest BCUT2D eigenvalue weighted by Crippen LogP contribution is -2.47. The number of thioether (sulfide) groups is 1. The average Bonchev–Trinajstić information content (AvgIpc) is 3.08. The second-order valence-electron chi connectivity index (χ2n) is 7.02. The summed E-state index contributed by atoms with van der Waals surface area (Å²) in [5, 5.41) is 0.815. The molecule has 1 aromatic carbocycles. The van der Waals surface area contributed by atoms with Crippen LogP contribution in [0.25, 0.3) is 10.9 Å². The fraction of sp³-hybridized carbons (Fsp3) is 0.300. The average molecular weight is 459 g/mol. The number of carbonyl (C=O) groups is 1. The van der Waals surface area contributed by atoms with Gasteiger partial charge in [-0.2, -0.15) is 26.3 Å².